The van der Waals surface area contributed by atoms with Gasteiger partial charge in [-0.1, -0.05) is 128 Å². The molecule has 0 aliphatic heterocycles. The van der Waals surface area contributed by atoms with Gasteiger partial charge in [0.15, 0.2) is 0 Å². The van der Waals surface area contributed by atoms with Crippen LogP contribution in [-0.4, -0.2) is 0 Å². The first-order chi connectivity index (χ1) is 22.8. The summed E-state index contributed by atoms with van der Waals surface area (Å²) < 4.78 is 0. The fraction of sp³-hybridized carbons (Fsp3) is 0.667. The maximum absolute atomic E-state index is 2.96. The number of hydrogen-bond donors (Lipinski definition) is 0. The molecule has 0 radical (unpaired) electrons. The Morgan fingerprint density at radius 1 is 0.667 bits per heavy atom. The summed E-state index contributed by atoms with van der Waals surface area (Å²) in [6.07, 6.45) is 22.1. The Labute approximate surface area is 343 Å². The molecule has 0 N–H and O–H groups in total. The van der Waals surface area contributed by atoms with Crippen LogP contribution in [0.3, 0.4) is 0 Å². The van der Waals surface area contributed by atoms with Crippen molar-refractivity contribution in [3.05, 3.63) is 81.4 Å². The molecule has 0 amide bonds. The minimum Gasteiger partial charge on any atom is -1.00 e. The zero-order valence-electron chi connectivity index (χ0n) is 33.0. The Kier molecular flexibility index (Phi) is 10.9. The summed E-state index contributed by atoms with van der Waals surface area (Å²) in [6.45, 7) is 19.7. The van der Waals surface area contributed by atoms with Gasteiger partial charge in [0.2, 0.25) is 0 Å². The van der Waals surface area contributed by atoms with Crippen LogP contribution in [0, 0.1) is 46.3 Å². The Balaban J connectivity index is 0.00000149. The molecule has 51 heavy (non-hydrogen) atoms. The average molecular weight is 803 g/mol. The van der Waals surface area contributed by atoms with Crippen LogP contribution in [-0.2, 0) is 37.0 Å². The van der Waals surface area contributed by atoms with Crippen LogP contribution in [0.25, 0.3) is 11.1 Å². The van der Waals surface area contributed by atoms with Gasteiger partial charge in [-0.2, -0.15) is 0 Å². The molecule has 0 spiro atoms. The number of halogens is 2. The van der Waals surface area contributed by atoms with Crippen molar-refractivity contribution in [2.75, 3.05) is 0 Å². The first-order valence-electron chi connectivity index (χ1n) is 20.5. The van der Waals surface area contributed by atoms with Crippen molar-refractivity contribution in [2.45, 2.75) is 156 Å². The quantitative estimate of drug-likeness (QED) is 0.301. The zero-order chi connectivity index (χ0) is 33.4. The van der Waals surface area contributed by atoms with E-state index >= 15 is 0 Å². The summed E-state index contributed by atoms with van der Waals surface area (Å²) in [6, 6.07) is 15.3. The molecule has 4 bridgehead atoms. The second kappa shape index (κ2) is 13.8. The molecule has 0 saturated heterocycles. The van der Waals surface area contributed by atoms with Crippen LogP contribution in [0.15, 0.2) is 59.2 Å². The second-order valence-electron chi connectivity index (χ2n) is 20.9. The second-order valence-corrected chi connectivity index (χ2v) is 20.9. The number of allylic oxidation sites excluding steroid dienone is 4. The van der Waals surface area contributed by atoms with Gasteiger partial charge in [-0.15, -0.1) is 0 Å². The maximum atomic E-state index is 2.96. The van der Waals surface area contributed by atoms with E-state index in [2.05, 4.69) is 97.9 Å². The van der Waals surface area contributed by atoms with E-state index in [1.807, 2.05) is 16.7 Å². The first kappa shape index (κ1) is 40.1. The molecule has 0 aromatic heterocycles. The van der Waals surface area contributed by atoms with Gasteiger partial charge < -0.3 is 24.8 Å². The summed E-state index contributed by atoms with van der Waals surface area (Å²) in [5, 5.41) is 0. The summed E-state index contributed by atoms with van der Waals surface area (Å²) in [5.74, 6) is 5.71. The Bertz CT molecular complexity index is 1610. The number of hydrogen-bond acceptors (Lipinski definition) is 0. The maximum Gasteiger partial charge on any atom is 2.00 e. The van der Waals surface area contributed by atoms with Crippen LogP contribution in [0.1, 0.15) is 167 Å². The van der Waals surface area contributed by atoms with Crippen molar-refractivity contribution in [1.82, 2.24) is 0 Å². The number of fused-ring (bicyclic) bond motifs is 3. The Morgan fingerprint density at radius 3 is 1.61 bits per heavy atom. The van der Waals surface area contributed by atoms with Gasteiger partial charge >= 0.3 is 26.2 Å². The largest absolute Gasteiger partial charge is 2.00 e. The van der Waals surface area contributed by atoms with Crippen LogP contribution >= 0.6 is 0 Å². The molecule has 2 atom stereocenters. The fourth-order valence-electron chi connectivity index (χ4n) is 13.7. The average Bonchev–Trinajstić information content (AvgIpc) is 3.70. The molecular weight excluding hydrogens is 739 g/mol. The van der Waals surface area contributed by atoms with Gasteiger partial charge in [0.05, 0.1) is 0 Å². The van der Waals surface area contributed by atoms with Crippen molar-refractivity contribution in [3.8, 4) is 11.1 Å². The van der Waals surface area contributed by atoms with E-state index in [1.165, 1.54) is 86.5 Å². The van der Waals surface area contributed by atoms with Gasteiger partial charge in [0.25, 0.3) is 0 Å². The van der Waals surface area contributed by atoms with Crippen molar-refractivity contribution < 1.29 is 51.0 Å². The molecule has 2 aromatic carbocycles. The molecule has 8 aliphatic carbocycles. The molecular formula is C48H64Cl2Zr. The molecule has 2 unspecified atom stereocenters. The van der Waals surface area contributed by atoms with E-state index in [1.54, 1.807) is 30.4 Å². The van der Waals surface area contributed by atoms with Crippen molar-refractivity contribution in [1.29, 1.82) is 0 Å². The molecule has 0 heterocycles. The zero-order valence-corrected chi connectivity index (χ0v) is 37.0. The third-order valence-electron chi connectivity index (χ3n) is 15.8. The van der Waals surface area contributed by atoms with E-state index in [-0.39, 0.29) is 67.3 Å². The number of rotatable bonds is 4. The predicted molar refractivity (Wildman–Crippen MR) is 203 cm³/mol. The minimum atomic E-state index is 0. The molecule has 274 valence electrons. The van der Waals surface area contributed by atoms with Gasteiger partial charge in [-0.05, 0) is 155 Å². The molecule has 2 aromatic rings. The van der Waals surface area contributed by atoms with Gasteiger partial charge in [0.1, 0.15) is 0 Å². The monoisotopic (exact) mass is 800 g/mol. The molecule has 10 rings (SSSR count). The van der Waals surface area contributed by atoms with Crippen molar-refractivity contribution in [3.63, 3.8) is 0 Å². The molecule has 5 saturated carbocycles. The fourth-order valence-corrected chi connectivity index (χ4v) is 13.7. The van der Waals surface area contributed by atoms with Gasteiger partial charge in [0, 0.05) is 11.3 Å². The third kappa shape index (κ3) is 6.23. The summed E-state index contributed by atoms with van der Waals surface area (Å²) in [4.78, 5) is 0. The smallest absolute Gasteiger partial charge is 1.00 e. The summed E-state index contributed by atoms with van der Waals surface area (Å²) in [5.41, 5.74) is 16.0. The third-order valence-corrected chi connectivity index (χ3v) is 15.8. The number of benzene rings is 2. The summed E-state index contributed by atoms with van der Waals surface area (Å²) in [7, 11) is 0. The van der Waals surface area contributed by atoms with Crippen molar-refractivity contribution >= 4 is 0 Å². The predicted octanol–water partition coefficient (Wildman–Crippen LogP) is 7.49. The van der Waals surface area contributed by atoms with Crippen LogP contribution in [0.2, 0.25) is 0 Å². The van der Waals surface area contributed by atoms with E-state index in [0.29, 0.717) is 17.3 Å². The normalized spacial score (nSPS) is 32.6. The first-order valence-corrected chi connectivity index (χ1v) is 20.5. The van der Waals surface area contributed by atoms with E-state index in [9.17, 15) is 0 Å². The van der Waals surface area contributed by atoms with Gasteiger partial charge in [-0.3, -0.25) is 0 Å². The van der Waals surface area contributed by atoms with E-state index in [0.717, 1.165) is 29.6 Å². The molecule has 8 aliphatic rings. The SMILES string of the molecule is CC(C)C1(C2c3cc(C(C)(C)C)ccc3-c3ccc(C(C)(C)C)cc32)CC(C2CCCCC2)C2=C1C=C(C13CC4CC(CC(C4)C1)C3)C2.[Cl-].[Cl-].[Zr+2]. The van der Waals surface area contributed by atoms with Crippen LogP contribution in [0.4, 0.5) is 0 Å². The van der Waals surface area contributed by atoms with E-state index in [4.69, 9.17) is 0 Å². The molecule has 0 nitrogen and oxygen atoms in total. The Morgan fingerprint density at radius 2 is 1.16 bits per heavy atom. The van der Waals surface area contributed by atoms with E-state index < -0.39 is 0 Å². The Hall–Kier alpha value is -0.617. The van der Waals surface area contributed by atoms with Crippen molar-refractivity contribution in [2.24, 2.45) is 46.3 Å². The molecule has 5 fully saturated rings. The summed E-state index contributed by atoms with van der Waals surface area (Å²) >= 11 is 0. The van der Waals surface area contributed by atoms with Gasteiger partial charge in [-0.25, -0.2) is 0 Å². The topological polar surface area (TPSA) is 0 Å². The molecule has 3 heteroatoms. The minimum absolute atomic E-state index is 0. The van der Waals surface area contributed by atoms with Crippen LogP contribution in [0.5, 0.6) is 0 Å². The standard InChI is InChI=1S/C48H64.2ClH.Zr/c1-29(2)48(44-40-21-34(45(3,4)5)14-16-37(40)38-17-15-35(22-41(38)44)46(6,7)8)28-42(33-12-10-9-11-13-33)39-23-36(24-43(39)48)47-25-30-18-31(26-47)20-32(19-30)27-47;;;/h14-17,21-22,24,29-33,42,44H,9-13,18-20,23,25-28H2,1-8H3;2*1H;/q;;;+2/p-2. The van der Waals surface area contributed by atoms with Crippen LogP contribution < -0.4 is 24.8 Å².